The van der Waals surface area contributed by atoms with Gasteiger partial charge in [-0.05, 0) is 0 Å². The third-order valence-corrected chi connectivity index (χ3v) is 0. The molecule has 0 saturated heterocycles. The summed E-state index contributed by atoms with van der Waals surface area (Å²) in [5.41, 5.74) is 0. The summed E-state index contributed by atoms with van der Waals surface area (Å²) in [7, 11) is 0. The van der Waals surface area contributed by atoms with Crippen LogP contribution in [0.4, 0.5) is 0 Å². The predicted octanol–water partition coefficient (Wildman–Crippen LogP) is -0.386. The van der Waals surface area contributed by atoms with Crippen LogP contribution in [-0.4, -0.2) is 8.41 Å². The molecule has 0 aliphatic heterocycles. The van der Waals surface area contributed by atoms with Crippen molar-refractivity contribution in [2.24, 2.45) is 0 Å². The van der Waals surface area contributed by atoms with Crippen molar-refractivity contribution in [1.82, 2.24) is 0 Å². The molecule has 4 heteroatoms. The van der Waals surface area contributed by atoms with E-state index in [0.717, 1.165) is 0 Å². The fourth-order valence-corrected chi connectivity index (χ4v) is 0. The Balaban J connectivity index is 0. The first-order valence-electron chi connectivity index (χ1n) is 0. The van der Waals surface area contributed by atoms with Crippen molar-refractivity contribution in [3.63, 3.8) is 0 Å². The zero-order valence-corrected chi connectivity index (χ0v) is 9.42. The van der Waals surface area contributed by atoms with E-state index in [1.807, 2.05) is 0 Å². The maximum absolute atomic E-state index is 0. The van der Waals surface area contributed by atoms with Crippen LogP contribution in [0.1, 0.15) is 0 Å². The molecule has 0 atom stereocenters. The van der Waals surface area contributed by atoms with Gasteiger partial charge in [0.25, 0.3) is 0 Å². The van der Waals surface area contributed by atoms with E-state index in [9.17, 15) is 0 Å². The Morgan fingerprint density at radius 2 is 1.00 bits per heavy atom. The molecular formula is BFeNdZn. The molecule has 0 aliphatic rings. The van der Waals surface area contributed by atoms with Gasteiger partial charge in [0.15, 0.2) is 0 Å². The summed E-state index contributed by atoms with van der Waals surface area (Å²) in [5.74, 6) is 0. The normalized spacial score (nSPS) is 0. The van der Waals surface area contributed by atoms with Gasteiger partial charge in [0.1, 0.15) is 0 Å². The van der Waals surface area contributed by atoms with Gasteiger partial charge in [-0.3, -0.25) is 0 Å². The summed E-state index contributed by atoms with van der Waals surface area (Å²) >= 11 is 0. The van der Waals surface area contributed by atoms with E-state index in [0.29, 0.717) is 0 Å². The maximum atomic E-state index is 0. The maximum Gasteiger partial charge on any atom is 0 e. The summed E-state index contributed by atoms with van der Waals surface area (Å²) in [4.78, 5) is 0. The van der Waals surface area contributed by atoms with E-state index in [2.05, 4.69) is 0 Å². The van der Waals surface area contributed by atoms with Crippen LogP contribution in [-0.2, 0) is 36.5 Å². The smallest absolute Gasteiger partial charge is 0 e. The molecule has 17 valence electrons. The molecule has 0 N–H and O–H groups in total. The minimum absolute atomic E-state index is 0. The summed E-state index contributed by atoms with van der Waals surface area (Å²) in [5, 5.41) is 0. The van der Waals surface area contributed by atoms with Gasteiger partial charge < -0.3 is 0 Å². The van der Waals surface area contributed by atoms with Crippen LogP contribution < -0.4 is 0 Å². The van der Waals surface area contributed by atoms with Gasteiger partial charge >= 0.3 is 0 Å². The van der Waals surface area contributed by atoms with Gasteiger partial charge in [-0.1, -0.05) is 0 Å². The van der Waals surface area contributed by atoms with Crippen molar-refractivity contribution in [2.45, 2.75) is 0 Å². The molecule has 0 aliphatic carbocycles. The van der Waals surface area contributed by atoms with Crippen LogP contribution in [0.2, 0.25) is 0 Å². The SMILES string of the molecule is [B].[Fe].[Nd].[Zn]. The summed E-state index contributed by atoms with van der Waals surface area (Å²) < 4.78 is 0. The third kappa shape index (κ3) is 8.82. The molecule has 3 radical (unpaired) electrons. The van der Waals surface area contributed by atoms with Crippen LogP contribution >= 0.6 is 0 Å². The van der Waals surface area contributed by atoms with Crippen molar-refractivity contribution < 1.29 is 77.4 Å². The molecule has 0 saturated carbocycles. The van der Waals surface area contributed by atoms with Crippen molar-refractivity contribution in [2.75, 3.05) is 0 Å². The summed E-state index contributed by atoms with van der Waals surface area (Å²) in [6.45, 7) is 0. The number of hydrogen-bond donors (Lipinski definition) is 0. The first kappa shape index (κ1) is 31.0. The van der Waals surface area contributed by atoms with Gasteiger partial charge in [-0.15, -0.1) is 0 Å². The largest absolute Gasteiger partial charge is 0 e. The molecule has 0 unspecified atom stereocenters. The Bertz CT molecular complexity index is 8.00. The van der Waals surface area contributed by atoms with Crippen molar-refractivity contribution in [1.29, 1.82) is 0 Å². The summed E-state index contributed by atoms with van der Waals surface area (Å²) in [6.07, 6.45) is 0. The molecule has 0 aromatic carbocycles. The molecule has 0 amide bonds. The molecule has 0 heterocycles. The minimum atomic E-state index is 0. The molecule has 0 fully saturated rings. The summed E-state index contributed by atoms with van der Waals surface area (Å²) in [6, 6.07) is 0. The van der Waals surface area contributed by atoms with E-state index < -0.39 is 0 Å². The Labute approximate surface area is 84.2 Å². The van der Waals surface area contributed by atoms with E-state index in [1.165, 1.54) is 0 Å². The Morgan fingerprint density at radius 1 is 1.00 bits per heavy atom. The molecule has 0 aromatic heterocycles. The quantitative estimate of drug-likeness (QED) is 0.529. The topological polar surface area (TPSA) is 0 Å². The molecule has 0 aromatic rings. The standard InChI is InChI=1S/B.Fe.Nd.Zn. The fraction of sp³-hybridized carbons (Fsp3) is 0. The van der Waals surface area contributed by atoms with Crippen molar-refractivity contribution in [3.8, 4) is 0 Å². The molecule has 4 heavy (non-hydrogen) atoms. The zero-order chi connectivity index (χ0) is 0. The van der Waals surface area contributed by atoms with Crippen molar-refractivity contribution >= 4 is 8.41 Å². The molecule has 0 spiro atoms. The number of hydrogen-bond acceptors (Lipinski definition) is 0. The second kappa shape index (κ2) is 17.6. The van der Waals surface area contributed by atoms with Gasteiger partial charge in [0.2, 0.25) is 0 Å². The first-order valence-corrected chi connectivity index (χ1v) is 0. The Kier molecular flexibility index (Phi) is 137. The second-order valence-electron chi connectivity index (χ2n) is 0. The van der Waals surface area contributed by atoms with Gasteiger partial charge in [-0.25, -0.2) is 0 Å². The van der Waals surface area contributed by atoms with Crippen LogP contribution in [0, 0.1) is 40.8 Å². The monoisotopic (exact) mass is 273 g/mol. The van der Waals surface area contributed by atoms with Crippen LogP contribution in [0.5, 0.6) is 0 Å². The van der Waals surface area contributed by atoms with Crippen LogP contribution in [0.25, 0.3) is 0 Å². The zero-order valence-electron chi connectivity index (χ0n) is 2.14. The molecule has 0 nitrogen and oxygen atoms in total. The van der Waals surface area contributed by atoms with Gasteiger partial charge in [0.05, 0.1) is 0 Å². The van der Waals surface area contributed by atoms with E-state index >= 15 is 0 Å². The average Bonchev–Trinajstić information content (AvgIpc) is 0. The van der Waals surface area contributed by atoms with Gasteiger partial charge in [0, 0.05) is 85.8 Å². The Hall–Kier alpha value is 2.56. The minimum Gasteiger partial charge on any atom is 0 e. The third-order valence-electron chi connectivity index (χ3n) is 0. The van der Waals surface area contributed by atoms with Gasteiger partial charge in [-0.2, -0.15) is 0 Å². The van der Waals surface area contributed by atoms with E-state index in [-0.39, 0.29) is 85.8 Å². The van der Waals surface area contributed by atoms with Crippen LogP contribution in [0.3, 0.4) is 0 Å². The molecule has 0 rings (SSSR count). The Morgan fingerprint density at radius 3 is 1.00 bits per heavy atom. The second-order valence-corrected chi connectivity index (χ2v) is 0. The first-order chi connectivity index (χ1) is 0. The fourth-order valence-electron chi connectivity index (χ4n) is 0. The molecular weight excluding hydrogens is 276 g/mol. The average molecular weight is 276 g/mol. The van der Waals surface area contributed by atoms with E-state index in [1.54, 1.807) is 0 Å². The number of rotatable bonds is 0. The van der Waals surface area contributed by atoms with E-state index in [4.69, 9.17) is 0 Å². The predicted molar refractivity (Wildman–Crippen MR) is 5.75 cm³/mol. The molecule has 0 bridgehead atoms. The van der Waals surface area contributed by atoms with Crippen molar-refractivity contribution in [3.05, 3.63) is 0 Å². The van der Waals surface area contributed by atoms with Crippen LogP contribution in [0.15, 0.2) is 0 Å².